The quantitative estimate of drug-likeness (QED) is 0.751. The number of para-hydroxylation sites is 1. The van der Waals surface area contributed by atoms with Gasteiger partial charge in [-0.3, -0.25) is 0 Å². The maximum atomic E-state index is 13.2. The second kappa shape index (κ2) is 5.80. The van der Waals surface area contributed by atoms with E-state index in [9.17, 15) is 18.0 Å². The van der Waals surface area contributed by atoms with Crippen molar-refractivity contribution in [3.63, 3.8) is 0 Å². The normalized spacial score (nSPS) is 15.7. The Morgan fingerprint density at radius 1 is 1.11 bits per heavy atom. The molecule has 0 amide bonds. The zero-order valence-corrected chi connectivity index (χ0v) is 14.8. The summed E-state index contributed by atoms with van der Waals surface area (Å²) >= 11 is 0. The van der Waals surface area contributed by atoms with E-state index < -0.39 is 17.6 Å². The SMILES string of the molecule is Cc1ccccc1-n1c(=O)nc(NC2(C)CC2)c2ccc(C(F)(F)F)nc21. The molecule has 0 unspecified atom stereocenters. The minimum absolute atomic E-state index is 0.0640. The van der Waals surface area contributed by atoms with Gasteiger partial charge in [-0.05, 0) is 50.5 Å². The number of fused-ring (bicyclic) bond motifs is 1. The lowest BCUT2D eigenvalue weighted by atomic mass is 10.2. The summed E-state index contributed by atoms with van der Waals surface area (Å²) in [6.07, 6.45) is -2.80. The first-order valence-electron chi connectivity index (χ1n) is 8.53. The summed E-state index contributed by atoms with van der Waals surface area (Å²) in [4.78, 5) is 20.7. The Kier molecular flexibility index (Phi) is 3.76. The smallest absolute Gasteiger partial charge is 0.364 e. The van der Waals surface area contributed by atoms with E-state index >= 15 is 0 Å². The number of alkyl halides is 3. The summed E-state index contributed by atoms with van der Waals surface area (Å²) in [5.41, 5.74) is -0.787. The minimum atomic E-state index is -4.61. The molecule has 1 aliphatic carbocycles. The standard InChI is InChI=1S/C19H17F3N4O/c1-11-5-3-4-6-13(11)26-16-12(7-8-14(23-16)19(20,21)22)15(24-17(26)27)25-18(2)9-10-18/h3-8H,9-10H2,1-2H3,(H,24,25,27). The van der Waals surface area contributed by atoms with Crippen LogP contribution in [-0.4, -0.2) is 20.1 Å². The Labute approximate surface area is 152 Å². The van der Waals surface area contributed by atoms with Gasteiger partial charge in [-0.1, -0.05) is 18.2 Å². The van der Waals surface area contributed by atoms with Crippen LogP contribution in [0.3, 0.4) is 0 Å². The van der Waals surface area contributed by atoms with Gasteiger partial charge < -0.3 is 5.32 Å². The van der Waals surface area contributed by atoms with Crippen molar-refractivity contribution in [2.45, 2.75) is 38.4 Å². The molecule has 0 bridgehead atoms. The summed E-state index contributed by atoms with van der Waals surface area (Å²) < 4.78 is 40.8. The number of nitrogens with one attached hydrogen (secondary N) is 1. The second-order valence-electron chi connectivity index (χ2n) is 7.12. The highest BCUT2D eigenvalue weighted by Gasteiger charge is 2.38. The average Bonchev–Trinajstić information content (AvgIpc) is 3.32. The number of aromatic nitrogens is 3. The van der Waals surface area contributed by atoms with Crippen molar-refractivity contribution in [1.29, 1.82) is 0 Å². The van der Waals surface area contributed by atoms with E-state index in [4.69, 9.17) is 0 Å². The second-order valence-corrected chi connectivity index (χ2v) is 7.12. The maximum Gasteiger partial charge on any atom is 0.433 e. The van der Waals surface area contributed by atoms with E-state index in [1.165, 1.54) is 6.07 Å². The zero-order chi connectivity index (χ0) is 19.4. The van der Waals surface area contributed by atoms with E-state index in [1.807, 2.05) is 6.92 Å². The number of aryl methyl sites for hydroxylation is 1. The predicted octanol–water partition coefficient (Wildman–Crippen LogP) is 4.07. The Morgan fingerprint density at radius 2 is 1.81 bits per heavy atom. The van der Waals surface area contributed by atoms with Crippen molar-refractivity contribution in [1.82, 2.24) is 14.5 Å². The molecule has 0 atom stereocenters. The van der Waals surface area contributed by atoms with Gasteiger partial charge in [-0.25, -0.2) is 14.3 Å². The first-order chi connectivity index (χ1) is 12.7. The fourth-order valence-corrected chi connectivity index (χ4v) is 2.98. The van der Waals surface area contributed by atoms with Crippen molar-refractivity contribution >= 4 is 16.9 Å². The van der Waals surface area contributed by atoms with Crippen LogP contribution in [0, 0.1) is 6.92 Å². The minimum Gasteiger partial charge on any atom is -0.364 e. The first kappa shape index (κ1) is 17.5. The molecule has 0 saturated heterocycles. The topological polar surface area (TPSA) is 59.8 Å². The molecule has 140 valence electrons. The first-order valence-corrected chi connectivity index (χ1v) is 8.53. The Bertz CT molecular complexity index is 1100. The van der Waals surface area contributed by atoms with E-state index in [-0.39, 0.29) is 17.0 Å². The lowest BCUT2D eigenvalue weighted by Gasteiger charge is -2.18. The molecular formula is C19H17F3N4O. The van der Waals surface area contributed by atoms with Crippen molar-refractivity contribution in [2.24, 2.45) is 0 Å². The summed E-state index contributed by atoms with van der Waals surface area (Å²) in [5, 5.41) is 3.56. The fraction of sp³-hybridized carbons (Fsp3) is 0.316. The van der Waals surface area contributed by atoms with Crippen LogP contribution in [0.2, 0.25) is 0 Å². The van der Waals surface area contributed by atoms with Gasteiger partial charge >= 0.3 is 11.9 Å². The van der Waals surface area contributed by atoms with E-state index in [1.54, 1.807) is 31.2 Å². The number of rotatable bonds is 3. The zero-order valence-electron chi connectivity index (χ0n) is 14.8. The Hall–Kier alpha value is -2.90. The number of halogens is 3. The number of pyridine rings is 1. The van der Waals surface area contributed by atoms with Crippen LogP contribution in [0.5, 0.6) is 0 Å². The highest BCUT2D eigenvalue weighted by Crippen LogP contribution is 2.39. The van der Waals surface area contributed by atoms with Crippen LogP contribution in [0.1, 0.15) is 31.0 Å². The third kappa shape index (κ3) is 3.15. The molecule has 1 aromatic carbocycles. The lowest BCUT2D eigenvalue weighted by Crippen LogP contribution is -2.27. The van der Waals surface area contributed by atoms with Gasteiger partial charge in [-0.15, -0.1) is 0 Å². The molecule has 3 aromatic rings. The molecule has 0 radical (unpaired) electrons. The third-order valence-corrected chi connectivity index (χ3v) is 4.81. The molecule has 2 heterocycles. The number of hydrogen-bond donors (Lipinski definition) is 1. The summed E-state index contributed by atoms with van der Waals surface area (Å²) in [7, 11) is 0. The molecule has 1 saturated carbocycles. The van der Waals surface area contributed by atoms with Crippen LogP contribution in [0.15, 0.2) is 41.2 Å². The number of anilines is 1. The highest BCUT2D eigenvalue weighted by atomic mass is 19.4. The molecule has 8 heteroatoms. The van der Waals surface area contributed by atoms with Gasteiger partial charge in [0.25, 0.3) is 0 Å². The number of benzene rings is 1. The fourth-order valence-electron chi connectivity index (χ4n) is 2.98. The van der Waals surface area contributed by atoms with Crippen molar-refractivity contribution < 1.29 is 13.2 Å². The van der Waals surface area contributed by atoms with Crippen molar-refractivity contribution in [3.8, 4) is 5.69 Å². The van der Waals surface area contributed by atoms with Crippen molar-refractivity contribution in [3.05, 3.63) is 58.1 Å². The van der Waals surface area contributed by atoms with Gasteiger partial charge in [0.1, 0.15) is 11.5 Å². The van der Waals surface area contributed by atoms with Gasteiger partial charge in [0.2, 0.25) is 0 Å². The number of nitrogens with zero attached hydrogens (tertiary/aromatic N) is 3. The van der Waals surface area contributed by atoms with E-state index in [2.05, 4.69) is 15.3 Å². The monoisotopic (exact) mass is 374 g/mol. The molecular weight excluding hydrogens is 357 g/mol. The molecule has 0 spiro atoms. The Balaban J connectivity index is 2.04. The van der Waals surface area contributed by atoms with E-state index in [0.717, 1.165) is 29.0 Å². The van der Waals surface area contributed by atoms with Gasteiger partial charge in [0, 0.05) is 5.54 Å². The Morgan fingerprint density at radius 3 is 2.44 bits per heavy atom. The van der Waals surface area contributed by atoms with Gasteiger partial charge in [-0.2, -0.15) is 18.2 Å². The summed E-state index contributed by atoms with van der Waals surface area (Å²) in [5.74, 6) is 0.265. The summed E-state index contributed by atoms with van der Waals surface area (Å²) in [6.45, 7) is 3.75. The van der Waals surface area contributed by atoms with Crippen LogP contribution >= 0.6 is 0 Å². The average molecular weight is 374 g/mol. The van der Waals surface area contributed by atoms with E-state index in [0.29, 0.717) is 11.1 Å². The highest BCUT2D eigenvalue weighted by molar-refractivity contribution is 5.88. The largest absolute Gasteiger partial charge is 0.433 e. The third-order valence-electron chi connectivity index (χ3n) is 4.81. The molecule has 1 fully saturated rings. The van der Waals surface area contributed by atoms with Gasteiger partial charge in [0.15, 0.2) is 5.65 Å². The molecule has 0 aliphatic heterocycles. The molecule has 27 heavy (non-hydrogen) atoms. The van der Waals surface area contributed by atoms with Crippen molar-refractivity contribution in [2.75, 3.05) is 5.32 Å². The van der Waals surface area contributed by atoms with Crippen LogP contribution in [-0.2, 0) is 6.18 Å². The number of hydrogen-bond acceptors (Lipinski definition) is 4. The van der Waals surface area contributed by atoms with Gasteiger partial charge in [0.05, 0.1) is 11.1 Å². The molecule has 1 aliphatic rings. The molecule has 5 nitrogen and oxygen atoms in total. The van der Waals surface area contributed by atoms with Crippen LogP contribution in [0.25, 0.3) is 16.7 Å². The predicted molar refractivity (Wildman–Crippen MR) is 96.1 cm³/mol. The molecule has 1 N–H and O–H groups in total. The molecule has 4 rings (SSSR count). The summed E-state index contributed by atoms with van der Waals surface area (Å²) in [6, 6.07) is 9.18. The van der Waals surface area contributed by atoms with Crippen LogP contribution in [0.4, 0.5) is 19.0 Å². The lowest BCUT2D eigenvalue weighted by molar-refractivity contribution is -0.141. The van der Waals surface area contributed by atoms with Crippen LogP contribution < -0.4 is 11.0 Å². The maximum absolute atomic E-state index is 13.2. The molecule has 2 aromatic heterocycles.